The van der Waals surface area contributed by atoms with Crippen LogP contribution in [0.25, 0.3) is 11.1 Å². The summed E-state index contributed by atoms with van der Waals surface area (Å²) < 4.78 is 56.3. The normalized spacial score (nSPS) is 27.6. The molecule has 2 aromatic carbocycles. The number of halogens is 2. The number of likely N-dealkylation sites (tertiary alicyclic amines) is 1. The van der Waals surface area contributed by atoms with Crippen LogP contribution in [0.4, 0.5) is 8.78 Å². The molecule has 2 aliphatic carbocycles. The van der Waals surface area contributed by atoms with Crippen molar-refractivity contribution >= 4 is 15.9 Å². The number of amides is 1. The minimum absolute atomic E-state index is 0.123. The smallest absolute Gasteiger partial charge is 0.226 e. The number of hydrogen-bond donors (Lipinski definition) is 1. The zero-order valence-corrected chi connectivity index (χ0v) is 20.0. The van der Waals surface area contributed by atoms with Gasteiger partial charge in [0.15, 0.2) is 0 Å². The highest BCUT2D eigenvalue weighted by molar-refractivity contribution is 7.88. The van der Waals surface area contributed by atoms with Gasteiger partial charge in [0.2, 0.25) is 15.9 Å². The monoisotopic (exact) mass is 488 g/mol. The van der Waals surface area contributed by atoms with Crippen molar-refractivity contribution in [2.24, 2.45) is 17.3 Å². The summed E-state index contributed by atoms with van der Waals surface area (Å²) >= 11 is 0. The Morgan fingerprint density at radius 1 is 1.12 bits per heavy atom. The molecule has 3 aliphatic rings. The van der Waals surface area contributed by atoms with Crippen LogP contribution in [0.15, 0.2) is 48.5 Å². The largest absolute Gasteiger partial charge is 0.337 e. The SMILES string of the molecule is CS(=O)(=O)N[C@@H]1[C@H](Cc2cccc(-c3ccccc3)c2F)N(C(=O)C2CC[C@@H]2CF)CC12CC2. The topological polar surface area (TPSA) is 66.5 Å². The van der Waals surface area contributed by atoms with Crippen LogP contribution in [0.5, 0.6) is 0 Å². The molecule has 1 aliphatic heterocycles. The highest BCUT2D eigenvalue weighted by atomic mass is 32.2. The van der Waals surface area contributed by atoms with Gasteiger partial charge in [-0.15, -0.1) is 0 Å². The van der Waals surface area contributed by atoms with Crippen LogP contribution in [0.3, 0.4) is 0 Å². The third kappa shape index (κ3) is 4.26. The molecule has 1 amide bonds. The quantitative estimate of drug-likeness (QED) is 0.642. The molecule has 1 N–H and O–H groups in total. The number of carbonyl (C=O) groups is 1. The van der Waals surface area contributed by atoms with E-state index in [9.17, 15) is 17.6 Å². The predicted molar refractivity (Wildman–Crippen MR) is 127 cm³/mol. The van der Waals surface area contributed by atoms with Crippen LogP contribution in [0.1, 0.15) is 31.2 Å². The van der Waals surface area contributed by atoms with E-state index in [0.29, 0.717) is 30.5 Å². The molecule has 2 saturated carbocycles. The minimum Gasteiger partial charge on any atom is -0.337 e. The van der Waals surface area contributed by atoms with Crippen molar-refractivity contribution < 1.29 is 22.0 Å². The van der Waals surface area contributed by atoms with Crippen molar-refractivity contribution in [1.82, 2.24) is 9.62 Å². The number of rotatable bonds is 7. The lowest BCUT2D eigenvalue weighted by atomic mass is 9.73. The molecule has 1 heterocycles. The maximum Gasteiger partial charge on any atom is 0.226 e. The van der Waals surface area contributed by atoms with E-state index in [2.05, 4.69) is 4.72 Å². The molecule has 1 unspecified atom stereocenters. The minimum atomic E-state index is -3.54. The summed E-state index contributed by atoms with van der Waals surface area (Å²) in [5.41, 5.74) is 1.34. The highest BCUT2D eigenvalue weighted by Gasteiger charge is 2.62. The van der Waals surface area contributed by atoms with Gasteiger partial charge in [0.1, 0.15) is 5.82 Å². The van der Waals surface area contributed by atoms with E-state index in [-0.39, 0.29) is 35.4 Å². The Hall–Kier alpha value is -2.32. The number of benzene rings is 2. The number of carbonyl (C=O) groups excluding carboxylic acids is 1. The fourth-order valence-corrected chi connectivity index (χ4v) is 6.64. The lowest BCUT2D eigenvalue weighted by Gasteiger charge is -2.38. The van der Waals surface area contributed by atoms with Gasteiger partial charge in [-0.1, -0.05) is 48.5 Å². The maximum absolute atomic E-state index is 15.7. The van der Waals surface area contributed by atoms with Gasteiger partial charge in [0.25, 0.3) is 0 Å². The Labute approximate surface area is 199 Å². The molecule has 4 atom stereocenters. The van der Waals surface area contributed by atoms with Gasteiger partial charge in [0, 0.05) is 29.5 Å². The Kier molecular flexibility index (Phi) is 6.01. The van der Waals surface area contributed by atoms with Crippen LogP contribution in [-0.2, 0) is 21.2 Å². The fourth-order valence-electron chi connectivity index (χ4n) is 5.77. The first kappa shape index (κ1) is 23.4. The summed E-state index contributed by atoms with van der Waals surface area (Å²) in [4.78, 5) is 15.2. The first-order valence-corrected chi connectivity index (χ1v) is 13.8. The molecular weight excluding hydrogens is 458 g/mol. The number of nitrogens with zero attached hydrogens (tertiary/aromatic N) is 1. The van der Waals surface area contributed by atoms with E-state index in [0.717, 1.165) is 24.7 Å². The van der Waals surface area contributed by atoms with Gasteiger partial charge in [-0.25, -0.2) is 17.5 Å². The third-order valence-electron chi connectivity index (χ3n) is 7.97. The van der Waals surface area contributed by atoms with Crippen molar-refractivity contribution in [3.63, 3.8) is 0 Å². The summed E-state index contributed by atoms with van der Waals surface area (Å²) in [6.07, 6.45) is 4.27. The van der Waals surface area contributed by atoms with Crippen molar-refractivity contribution in [3.05, 3.63) is 59.9 Å². The molecule has 5 rings (SSSR count). The van der Waals surface area contributed by atoms with E-state index in [1.54, 1.807) is 23.1 Å². The molecular formula is C26H30F2N2O3S. The summed E-state index contributed by atoms with van der Waals surface area (Å²) in [7, 11) is -3.54. The third-order valence-corrected chi connectivity index (χ3v) is 8.65. The molecule has 5 nitrogen and oxygen atoms in total. The second-order valence-corrected chi connectivity index (χ2v) is 12.0. The molecule has 1 saturated heterocycles. The Morgan fingerprint density at radius 2 is 1.85 bits per heavy atom. The van der Waals surface area contributed by atoms with E-state index in [1.807, 2.05) is 30.3 Å². The number of alkyl halides is 1. The van der Waals surface area contributed by atoms with Gasteiger partial charge < -0.3 is 4.90 Å². The standard InChI is InChI=1S/C26H30F2N2O3S/c1-34(32,33)29-24-22(14-18-8-5-9-20(23(18)28)17-6-3-2-4-7-17)30(16-26(24)12-13-26)25(31)21-11-10-19(21)15-27/h2-9,19,21-22,24,29H,10-16H2,1H3/t19-,21?,22+,24-/m1/s1. The Bertz CT molecular complexity index is 1180. The molecule has 3 fully saturated rings. The second kappa shape index (κ2) is 8.72. The van der Waals surface area contributed by atoms with E-state index in [4.69, 9.17) is 0 Å². The fraction of sp³-hybridized carbons (Fsp3) is 0.500. The number of hydrogen-bond acceptors (Lipinski definition) is 3. The van der Waals surface area contributed by atoms with Crippen LogP contribution in [0.2, 0.25) is 0 Å². The van der Waals surface area contributed by atoms with Crippen LogP contribution in [-0.4, -0.2) is 50.8 Å². The van der Waals surface area contributed by atoms with E-state index < -0.39 is 28.8 Å². The van der Waals surface area contributed by atoms with Gasteiger partial charge in [-0.05, 0) is 49.1 Å². The molecule has 0 radical (unpaired) electrons. The number of sulfonamides is 1. The predicted octanol–water partition coefficient (Wildman–Crippen LogP) is 3.94. The molecule has 8 heteroatoms. The first-order valence-electron chi connectivity index (χ1n) is 11.9. The summed E-state index contributed by atoms with van der Waals surface area (Å²) in [5.74, 6) is -1.13. The van der Waals surface area contributed by atoms with E-state index in [1.165, 1.54) is 0 Å². The molecule has 1 spiro atoms. The zero-order valence-electron chi connectivity index (χ0n) is 19.2. The highest BCUT2D eigenvalue weighted by Crippen LogP contribution is 2.56. The van der Waals surface area contributed by atoms with Crippen molar-refractivity contribution in [2.45, 2.75) is 44.2 Å². The van der Waals surface area contributed by atoms with Gasteiger partial charge >= 0.3 is 0 Å². The molecule has 2 aromatic rings. The van der Waals surface area contributed by atoms with Crippen LogP contribution >= 0.6 is 0 Å². The summed E-state index contributed by atoms with van der Waals surface area (Å²) in [6.45, 7) is -0.0992. The van der Waals surface area contributed by atoms with Crippen LogP contribution < -0.4 is 4.72 Å². The Morgan fingerprint density at radius 3 is 2.44 bits per heavy atom. The average molecular weight is 489 g/mol. The Balaban J connectivity index is 1.50. The molecule has 34 heavy (non-hydrogen) atoms. The lowest BCUT2D eigenvalue weighted by Crippen LogP contribution is -2.52. The summed E-state index contributed by atoms with van der Waals surface area (Å²) in [5, 5.41) is 0. The van der Waals surface area contributed by atoms with Crippen molar-refractivity contribution in [3.8, 4) is 11.1 Å². The van der Waals surface area contributed by atoms with Gasteiger partial charge in [-0.3, -0.25) is 9.18 Å². The molecule has 182 valence electrons. The van der Waals surface area contributed by atoms with Gasteiger partial charge in [0.05, 0.1) is 19.0 Å². The van der Waals surface area contributed by atoms with E-state index >= 15 is 4.39 Å². The lowest BCUT2D eigenvalue weighted by molar-refractivity contribution is -0.142. The van der Waals surface area contributed by atoms with Gasteiger partial charge in [-0.2, -0.15) is 0 Å². The first-order chi connectivity index (χ1) is 16.2. The zero-order chi connectivity index (χ0) is 24.1. The van der Waals surface area contributed by atoms with Crippen LogP contribution in [0, 0.1) is 23.1 Å². The molecule has 0 bridgehead atoms. The molecule has 0 aromatic heterocycles. The summed E-state index contributed by atoms with van der Waals surface area (Å²) in [6, 6.07) is 13.5. The van der Waals surface area contributed by atoms with Crippen molar-refractivity contribution in [1.29, 1.82) is 0 Å². The maximum atomic E-state index is 15.7. The average Bonchev–Trinajstić information content (AvgIpc) is 3.50. The van der Waals surface area contributed by atoms with Crippen molar-refractivity contribution in [2.75, 3.05) is 19.5 Å². The second-order valence-electron chi connectivity index (χ2n) is 10.2. The number of nitrogens with one attached hydrogen (secondary N) is 1.